The number of hydrogen-bond acceptors (Lipinski definition) is 8. The molecule has 0 fully saturated rings. The van der Waals surface area contributed by atoms with Gasteiger partial charge in [-0.05, 0) is 37.5 Å². The van der Waals surface area contributed by atoms with Gasteiger partial charge in [-0.25, -0.2) is 20.0 Å². The molecule has 0 N–H and O–H groups in total. The summed E-state index contributed by atoms with van der Waals surface area (Å²) in [6, 6.07) is -0.675. The quantitative estimate of drug-likeness (QED) is 0.409. The Morgan fingerprint density at radius 1 is 0.657 bits per heavy atom. The maximum absolute atomic E-state index is 5.62. The largest absolute Gasteiger partial charge is 0.483 e. The molecule has 8 heteroatoms. The van der Waals surface area contributed by atoms with Crippen LogP contribution in [-0.4, -0.2) is 76.2 Å². The third-order valence-corrected chi connectivity index (χ3v) is 6.85. The standard InChI is InChI=1S/C27H44N4O4/c1-11-27(12-2,15-13-19-23(32-7)30-21(17(3)4)25(28-19)34-9)16-14-20-24(33-8)31-22(18(5)6)26(29-20)35-10/h11-12,17-22H,1-2,13-16H2,3-10H3/t19-,20-,21+,22+/m0/s1. The van der Waals surface area contributed by atoms with Crippen molar-refractivity contribution in [1.82, 2.24) is 0 Å². The van der Waals surface area contributed by atoms with E-state index in [1.54, 1.807) is 28.4 Å². The molecule has 2 aliphatic rings. The van der Waals surface area contributed by atoms with Crippen LogP contribution in [0.25, 0.3) is 0 Å². The minimum Gasteiger partial charge on any atom is -0.483 e. The maximum atomic E-state index is 5.62. The number of hydrogen-bond donors (Lipinski definition) is 0. The average Bonchev–Trinajstić information content (AvgIpc) is 2.87. The fourth-order valence-electron chi connectivity index (χ4n) is 4.52. The molecule has 0 spiro atoms. The molecule has 0 radical (unpaired) electrons. The lowest BCUT2D eigenvalue weighted by Crippen LogP contribution is -2.38. The molecule has 0 unspecified atom stereocenters. The van der Waals surface area contributed by atoms with E-state index in [1.165, 1.54) is 0 Å². The minimum atomic E-state index is -0.312. The van der Waals surface area contributed by atoms with E-state index in [4.69, 9.17) is 38.9 Å². The number of allylic oxidation sites excluding steroid dienone is 2. The lowest BCUT2D eigenvalue weighted by atomic mass is 9.77. The molecular weight excluding hydrogens is 444 g/mol. The summed E-state index contributed by atoms with van der Waals surface area (Å²) >= 11 is 0. The Kier molecular flexibility index (Phi) is 10.5. The van der Waals surface area contributed by atoms with Crippen molar-refractivity contribution in [3.63, 3.8) is 0 Å². The lowest BCUT2D eigenvalue weighted by molar-refractivity contribution is 0.310. The molecule has 2 aliphatic heterocycles. The number of methoxy groups -OCH3 is 4. The Labute approximate surface area is 211 Å². The van der Waals surface area contributed by atoms with Crippen molar-refractivity contribution in [2.45, 2.75) is 77.5 Å². The Morgan fingerprint density at radius 2 is 1.00 bits per heavy atom. The van der Waals surface area contributed by atoms with Gasteiger partial charge in [0.05, 0.1) is 28.4 Å². The topological polar surface area (TPSA) is 86.4 Å². The first-order valence-corrected chi connectivity index (χ1v) is 12.4. The third-order valence-electron chi connectivity index (χ3n) is 6.85. The summed E-state index contributed by atoms with van der Waals surface area (Å²) < 4.78 is 22.4. The molecule has 2 heterocycles. The van der Waals surface area contributed by atoms with Gasteiger partial charge in [-0.3, -0.25) is 0 Å². The highest BCUT2D eigenvalue weighted by Crippen LogP contribution is 2.36. The summed E-state index contributed by atoms with van der Waals surface area (Å²) in [5.41, 5.74) is -0.312. The summed E-state index contributed by atoms with van der Waals surface area (Å²) in [6.45, 7) is 16.6. The molecule has 0 aromatic rings. The van der Waals surface area contributed by atoms with Gasteiger partial charge in [0.25, 0.3) is 0 Å². The van der Waals surface area contributed by atoms with Gasteiger partial charge in [0.1, 0.15) is 24.2 Å². The van der Waals surface area contributed by atoms with Gasteiger partial charge in [-0.1, -0.05) is 39.8 Å². The summed E-state index contributed by atoms with van der Waals surface area (Å²) in [5.74, 6) is 3.11. The summed E-state index contributed by atoms with van der Waals surface area (Å²) in [7, 11) is 6.59. The van der Waals surface area contributed by atoms with Crippen molar-refractivity contribution in [2.24, 2.45) is 37.2 Å². The first kappa shape index (κ1) is 28.6. The van der Waals surface area contributed by atoms with Crippen LogP contribution in [0.3, 0.4) is 0 Å². The van der Waals surface area contributed by atoms with E-state index in [0.717, 1.165) is 25.7 Å². The molecule has 8 nitrogen and oxygen atoms in total. The van der Waals surface area contributed by atoms with Gasteiger partial charge in [-0.15, -0.1) is 13.2 Å². The molecule has 0 saturated heterocycles. The van der Waals surface area contributed by atoms with Gasteiger partial charge in [0.15, 0.2) is 0 Å². The number of rotatable bonds is 10. The molecule has 0 saturated carbocycles. The van der Waals surface area contributed by atoms with E-state index < -0.39 is 0 Å². The lowest BCUT2D eigenvalue weighted by Gasteiger charge is -2.32. The highest BCUT2D eigenvalue weighted by molar-refractivity contribution is 5.94. The van der Waals surface area contributed by atoms with Crippen LogP contribution in [0.1, 0.15) is 53.4 Å². The zero-order valence-corrected chi connectivity index (χ0v) is 22.8. The second kappa shape index (κ2) is 12.9. The van der Waals surface area contributed by atoms with Crippen LogP contribution < -0.4 is 0 Å². The highest BCUT2D eigenvalue weighted by atomic mass is 16.5. The Morgan fingerprint density at radius 3 is 1.26 bits per heavy atom. The molecular formula is C27H44N4O4. The molecule has 2 rings (SSSR count). The molecule has 35 heavy (non-hydrogen) atoms. The minimum absolute atomic E-state index is 0.129. The first-order valence-electron chi connectivity index (χ1n) is 12.4. The SMILES string of the molecule is C=CC(C=C)(CC[C@@H]1N=C(OC)[C@@H](C(C)C)N=C1OC)CC[C@@H]1N=C(OC)[C@@H](C(C)C)N=C1OC. The van der Waals surface area contributed by atoms with E-state index in [9.17, 15) is 0 Å². The molecule has 0 aromatic heterocycles. The maximum Gasteiger partial charge on any atom is 0.209 e. The highest BCUT2D eigenvalue weighted by Gasteiger charge is 2.35. The van der Waals surface area contributed by atoms with Crippen molar-refractivity contribution < 1.29 is 18.9 Å². The predicted octanol–water partition coefficient (Wildman–Crippen LogP) is 4.90. The van der Waals surface area contributed by atoms with Crippen LogP contribution in [0.2, 0.25) is 0 Å². The van der Waals surface area contributed by atoms with Gasteiger partial charge >= 0.3 is 0 Å². The normalized spacial score (nSPS) is 24.7. The zero-order chi connectivity index (χ0) is 26.2. The summed E-state index contributed by atoms with van der Waals surface area (Å²) in [5, 5.41) is 0. The van der Waals surface area contributed by atoms with Crippen LogP contribution in [0.15, 0.2) is 45.3 Å². The monoisotopic (exact) mass is 488 g/mol. The smallest absolute Gasteiger partial charge is 0.209 e. The molecule has 4 atom stereocenters. The number of nitrogens with zero attached hydrogens (tertiary/aromatic N) is 4. The van der Waals surface area contributed by atoms with E-state index in [0.29, 0.717) is 23.6 Å². The molecule has 0 amide bonds. The molecule has 0 bridgehead atoms. The Hall–Kier alpha value is -2.64. The van der Waals surface area contributed by atoms with E-state index in [-0.39, 0.29) is 41.4 Å². The van der Waals surface area contributed by atoms with Gasteiger partial charge in [-0.2, -0.15) is 0 Å². The van der Waals surface area contributed by atoms with Gasteiger partial charge < -0.3 is 18.9 Å². The van der Waals surface area contributed by atoms with E-state index in [2.05, 4.69) is 40.9 Å². The fraction of sp³-hybridized carbons (Fsp3) is 0.704. The van der Waals surface area contributed by atoms with Gasteiger partial charge in [0, 0.05) is 5.41 Å². The third kappa shape index (κ3) is 6.73. The number of aliphatic imine (C=N–C) groups is 4. The van der Waals surface area contributed by atoms with Crippen LogP contribution in [-0.2, 0) is 18.9 Å². The Bertz CT molecular complexity index is 789. The Balaban J connectivity index is 2.17. The van der Waals surface area contributed by atoms with Crippen molar-refractivity contribution in [2.75, 3.05) is 28.4 Å². The zero-order valence-electron chi connectivity index (χ0n) is 22.8. The van der Waals surface area contributed by atoms with Crippen molar-refractivity contribution in [3.05, 3.63) is 25.3 Å². The average molecular weight is 489 g/mol. The van der Waals surface area contributed by atoms with Crippen LogP contribution >= 0.6 is 0 Å². The van der Waals surface area contributed by atoms with Crippen LogP contribution in [0, 0.1) is 17.3 Å². The first-order chi connectivity index (χ1) is 16.7. The van der Waals surface area contributed by atoms with Crippen LogP contribution in [0.4, 0.5) is 0 Å². The number of ether oxygens (including phenoxy) is 4. The summed E-state index contributed by atoms with van der Waals surface area (Å²) in [4.78, 5) is 19.3. The molecule has 0 aliphatic carbocycles. The van der Waals surface area contributed by atoms with Crippen LogP contribution in [0.5, 0.6) is 0 Å². The summed E-state index contributed by atoms with van der Waals surface area (Å²) in [6.07, 6.45) is 6.94. The van der Waals surface area contributed by atoms with Crippen molar-refractivity contribution in [3.8, 4) is 0 Å². The predicted molar refractivity (Wildman–Crippen MR) is 144 cm³/mol. The van der Waals surface area contributed by atoms with Gasteiger partial charge in [0.2, 0.25) is 23.6 Å². The second-order valence-corrected chi connectivity index (χ2v) is 9.81. The fourth-order valence-corrected chi connectivity index (χ4v) is 4.52. The second-order valence-electron chi connectivity index (χ2n) is 9.81. The van der Waals surface area contributed by atoms with E-state index in [1.807, 2.05) is 12.2 Å². The van der Waals surface area contributed by atoms with Crippen molar-refractivity contribution >= 4 is 23.6 Å². The van der Waals surface area contributed by atoms with E-state index >= 15 is 0 Å². The molecule has 0 aromatic carbocycles. The molecule has 196 valence electrons. The van der Waals surface area contributed by atoms with Crippen molar-refractivity contribution in [1.29, 1.82) is 0 Å².